The second kappa shape index (κ2) is 9.67. The van der Waals surface area contributed by atoms with E-state index in [4.69, 9.17) is 9.57 Å². The van der Waals surface area contributed by atoms with Gasteiger partial charge in [-0.1, -0.05) is 69.9 Å². The van der Waals surface area contributed by atoms with Crippen LogP contribution in [0.5, 0.6) is 11.5 Å². The topological polar surface area (TPSA) is 21.7 Å². The van der Waals surface area contributed by atoms with Crippen molar-refractivity contribution < 1.29 is 9.57 Å². The summed E-state index contributed by atoms with van der Waals surface area (Å²) in [5.74, 6) is 2.60. The highest BCUT2D eigenvalue weighted by Gasteiger charge is 2.26. The summed E-state index contributed by atoms with van der Waals surface area (Å²) < 4.78 is 6.31. The maximum atomic E-state index is 6.48. The number of hydrogen-bond donors (Lipinski definition) is 0. The molecule has 1 aliphatic heterocycles. The van der Waals surface area contributed by atoms with Gasteiger partial charge in [-0.15, -0.1) is 5.06 Å². The lowest BCUT2D eigenvalue weighted by atomic mass is 9.94. The number of benzene rings is 2. The fourth-order valence-corrected chi connectivity index (χ4v) is 4.53. The average Bonchev–Trinajstić information content (AvgIpc) is 2.79. The van der Waals surface area contributed by atoms with E-state index in [1.807, 2.05) is 0 Å². The minimum absolute atomic E-state index is 0.152. The summed E-state index contributed by atoms with van der Waals surface area (Å²) in [5.41, 5.74) is 2.53. The molecule has 3 nitrogen and oxygen atoms in total. The molecular weight excluding hydrogens is 358 g/mol. The van der Waals surface area contributed by atoms with E-state index in [1.165, 1.54) is 49.7 Å². The first kappa shape index (κ1) is 20.3. The van der Waals surface area contributed by atoms with Crippen LogP contribution < -0.4 is 9.57 Å². The van der Waals surface area contributed by atoms with Crippen molar-refractivity contribution in [1.29, 1.82) is 0 Å². The molecule has 0 N–H and O–H groups in total. The molecule has 2 aliphatic rings. The zero-order valence-corrected chi connectivity index (χ0v) is 18.0. The van der Waals surface area contributed by atoms with Crippen molar-refractivity contribution in [2.24, 2.45) is 5.92 Å². The summed E-state index contributed by atoms with van der Waals surface area (Å²) in [4.78, 5) is 6.48. The van der Waals surface area contributed by atoms with Crippen LogP contribution in [0.2, 0.25) is 0 Å². The van der Waals surface area contributed by atoms with Gasteiger partial charge in [0.1, 0.15) is 17.6 Å². The number of fused-ring (bicyclic) bond motifs is 1. The summed E-state index contributed by atoms with van der Waals surface area (Å²) in [6.07, 6.45) is 9.90. The molecule has 2 aromatic carbocycles. The third-order valence-corrected chi connectivity index (χ3v) is 6.54. The van der Waals surface area contributed by atoms with Gasteiger partial charge in [0, 0.05) is 12.6 Å². The van der Waals surface area contributed by atoms with Crippen LogP contribution in [0.3, 0.4) is 0 Å². The van der Waals surface area contributed by atoms with E-state index in [2.05, 4.69) is 67.4 Å². The molecule has 156 valence electrons. The predicted octanol–water partition coefficient (Wildman–Crippen LogP) is 6.73. The lowest BCUT2D eigenvalue weighted by Gasteiger charge is -2.35. The van der Waals surface area contributed by atoms with Crippen LogP contribution in [0.4, 0.5) is 0 Å². The molecule has 0 aromatic heterocycles. The van der Waals surface area contributed by atoms with Crippen LogP contribution >= 0.6 is 0 Å². The van der Waals surface area contributed by atoms with E-state index in [1.54, 1.807) is 0 Å². The fourth-order valence-electron chi connectivity index (χ4n) is 4.53. The van der Waals surface area contributed by atoms with Gasteiger partial charge in [0.2, 0.25) is 0 Å². The smallest absolute Gasteiger partial charge is 0.148 e. The summed E-state index contributed by atoms with van der Waals surface area (Å²) in [6.45, 7) is 5.59. The Balaban J connectivity index is 1.46. The van der Waals surface area contributed by atoms with Gasteiger partial charge in [0.25, 0.3) is 0 Å². The Labute approximate surface area is 176 Å². The zero-order chi connectivity index (χ0) is 20.1. The summed E-state index contributed by atoms with van der Waals surface area (Å²) in [5, 5.41) is 2.28. The number of hydrogen-bond acceptors (Lipinski definition) is 3. The van der Waals surface area contributed by atoms with Crippen molar-refractivity contribution in [2.75, 3.05) is 6.54 Å². The van der Waals surface area contributed by atoms with E-state index in [0.717, 1.165) is 30.9 Å². The first-order valence-electron chi connectivity index (χ1n) is 11.5. The maximum Gasteiger partial charge on any atom is 0.148 e. The number of ether oxygens (including phenoxy) is 1. The fraction of sp³-hybridized carbons (Fsp3) is 0.538. The maximum absolute atomic E-state index is 6.48. The third kappa shape index (κ3) is 5.14. The van der Waals surface area contributed by atoms with E-state index < -0.39 is 0 Å². The molecule has 1 heterocycles. The largest absolute Gasteiger partial charge is 0.485 e. The Hall–Kier alpha value is -2.00. The van der Waals surface area contributed by atoms with Crippen LogP contribution in [-0.4, -0.2) is 17.6 Å². The van der Waals surface area contributed by atoms with Crippen LogP contribution in [0.1, 0.15) is 76.0 Å². The Bertz CT molecular complexity index is 770. The SMILES string of the molecule is CCC(C)CN(Oc1ccc2c(c1)CCC(c1ccccc1)O2)C1CCCCC1. The second-order valence-corrected chi connectivity index (χ2v) is 8.82. The predicted molar refractivity (Wildman–Crippen MR) is 118 cm³/mol. The standard InChI is InChI=1S/C26H35NO2/c1-3-20(2)19-27(23-12-8-5-9-13-23)29-24-15-17-26-22(18-24)14-16-25(28-26)21-10-6-4-7-11-21/h4,6-7,10-11,15,17-18,20,23,25H,3,5,8-9,12-14,16,19H2,1-2H3. The molecule has 29 heavy (non-hydrogen) atoms. The molecule has 2 aromatic rings. The van der Waals surface area contributed by atoms with Gasteiger partial charge in [-0.05, 0) is 60.9 Å². The van der Waals surface area contributed by atoms with E-state index >= 15 is 0 Å². The molecule has 1 fully saturated rings. The Kier molecular flexibility index (Phi) is 6.76. The molecule has 0 amide bonds. The molecule has 0 saturated heterocycles. The Morgan fingerprint density at radius 1 is 1.03 bits per heavy atom. The number of aryl methyl sites for hydroxylation is 1. The third-order valence-electron chi connectivity index (χ3n) is 6.54. The van der Waals surface area contributed by atoms with Crippen LogP contribution in [-0.2, 0) is 6.42 Å². The second-order valence-electron chi connectivity index (χ2n) is 8.82. The molecule has 0 radical (unpaired) electrons. The van der Waals surface area contributed by atoms with Gasteiger partial charge in [0.15, 0.2) is 0 Å². The minimum atomic E-state index is 0.152. The van der Waals surface area contributed by atoms with E-state index in [-0.39, 0.29) is 6.10 Å². The first-order valence-corrected chi connectivity index (χ1v) is 11.5. The quantitative estimate of drug-likeness (QED) is 0.487. The summed E-state index contributed by atoms with van der Waals surface area (Å²) in [6, 6.07) is 17.5. The van der Waals surface area contributed by atoms with Crippen molar-refractivity contribution in [3.63, 3.8) is 0 Å². The van der Waals surface area contributed by atoms with Gasteiger partial charge >= 0.3 is 0 Å². The lowest BCUT2D eigenvalue weighted by molar-refractivity contribution is -0.114. The summed E-state index contributed by atoms with van der Waals surface area (Å²) in [7, 11) is 0. The highest BCUT2D eigenvalue weighted by atomic mass is 16.7. The van der Waals surface area contributed by atoms with Gasteiger partial charge in [0.05, 0.1) is 0 Å². The Morgan fingerprint density at radius 2 is 1.83 bits per heavy atom. The van der Waals surface area contributed by atoms with Crippen molar-refractivity contribution in [3.8, 4) is 11.5 Å². The monoisotopic (exact) mass is 393 g/mol. The number of nitrogens with zero attached hydrogens (tertiary/aromatic N) is 1. The molecule has 2 atom stereocenters. The van der Waals surface area contributed by atoms with Crippen molar-refractivity contribution in [3.05, 3.63) is 59.7 Å². The first-order chi connectivity index (χ1) is 14.2. The molecule has 1 aliphatic carbocycles. The molecular formula is C26H35NO2. The summed E-state index contributed by atoms with van der Waals surface area (Å²) >= 11 is 0. The van der Waals surface area contributed by atoms with Gasteiger partial charge in [-0.3, -0.25) is 0 Å². The van der Waals surface area contributed by atoms with Gasteiger partial charge in [-0.25, -0.2) is 0 Å². The average molecular weight is 394 g/mol. The normalized spacial score (nSPS) is 20.7. The number of hydroxylamine groups is 2. The highest BCUT2D eigenvalue weighted by molar-refractivity contribution is 5.42. The molecule has 2 unspecified atom stereocenters. The molecule has 3 heteroatoms. The highest BCUT2D eigenvalue weighted by Crippen LogP contribution is 2.37. The molecule has 1 saturated carbocycles. The minimum Gasteiger partial charge on any atom is -0.485 e. The van der Waals surface area contributed by atoms with Gasteiger partial charge < -0.3 is 9.57 Å². The number of rotatable bonds is 7. The van der Waals surface area contributed by atoms with Crippen molar-refractivity contribution >= 4 is 0 Å². The van der Waals surface area contributed by atoms with Crippen LogP contribution in [0, 0.1) is 5.92 Å². The lowest BCUT2D eigenvalue weighted by Crippen LogP contribution is -2.42. The Morgan fingerprint density at radius 3 is 2.59 bits per heavy atom. The zero-order valence-electron chi connectivity index (χ0n) is 18.0. The molecule has 0 bridgehead atoms. The van der Waals surface area contributed by atoms with E-state index in [0.29, 0.717) is 12.0 Å². The van der Waals surface area contributed by atoms with Crippen LogP contribution in [0.15, 0.2) is 48.5 Å². The molecule has 0 spiro atoms. The van der Waals surface area contributed by atoms with Gasteiger partial charge in [-0.2, -0.15) is 0 Å². The van der Waals surface area contributed by atoms with Crippen molar-refractivity contribution in [1.82, 2.24) is 5.06 Å². The van der Waals surface area contributed by atoms with E-state index in [9.17, 15) is 0 Å². The van der Waals surface area contributed by atoms with Crippen LogP contribution in [0.25, 0.3) is 0 Å². The molecule has 4 rings (SSSR count). The van der Waals surface area contributed by atoms with Crippen molar-refractivity contribution in [2.45, 2.75) is 77.4 Å².